The zero-order valence-corrected chi connectivity index (χ0v) is 12.5. The highest BCUT2D eigenvalue weighted by Gasteiger charge is 2.24. The lowest BCUT2D eigenvalue weighted by atomic mass is 10.1. The van der Waals surface area contributed by atoms with Gasteiger partial charge in [-0.2, -0.15) is 0 Å². The number of amides is 1. The van der Waals surface area contributed by atoms with E-state index in [1.807, 2.05) is 6.07 Å². The molecule has 4 nitrogen and oxygen atoms in total. The van der Waals surface area contributed by atoms with Gasteiger partial charge in [0.05, 0.1) is 0 Å². The summed E-state index contributed by atoms with van der Waals surface area (Å²) in [6, 6.07) is 17.7. The lowest BCUT2D eigenvalue weighted by Crippen LogP contribution is -2.36. The lowest BCUT2D eigenvalue weighted by molar-refractivity contribution is 0.0937. The van der Waals surface area contributed by atoms with E-state index in [1.54, 1.807) is 24.3 Å². The molecule has 1 heterocycles. The summed E-state index contributed by atoms with van der Waals surface area (Å²) >= 11 is 0. The largest absolute Gasteiger partial charge is 0.399 e. The highest BCUT2D eigenvalue weighted by molar-refractivity contribution is 5.94. The van der Waals surface area contributed by atoms with Crippen molar-refractivity contribution in [1.82, 2.24) is 10.2 Å². The van der Waals surface area contributed by atoms with E-state index in [1.165, 1.54) is 5.56 Å². The van der Waals surface area contributed by atoms with Crippen molar-refractivity contribution in [3.05, 3.63) is 65.7 Å². The van der Waals surface area contributed by atoms with E-state index in [4.69, 9.17) is 5.73 Å². The van der Waals surface area contributed by atoms with Crippen LogP contribution in [0.2, 0.25) is 0 Å². The van der Waals surface area contributed by atoms with E-state index in [0.717, 1.165) is 26.1 Å². The molecule has 1 amide bonds. The number of hydrogen-bond donors (Lipinski definition) is 2. The molecule has 0 aliphatic carbocycles. The molecular formula is C18H21N3O. The van der Waals surface area contributed by atoms with Crippen molar-refractivity contribution in [2.45, 2.75) is 19.0 Å². The Hall–Kier alpha value is -2.33. The van der Waals surface area contributed by atoms with Gasteiger partial charge in [0.15, 0.2) is 0 Å². The molecule has 1 aliphatic rings. The number of nitrogen functional groups attached to an aromatic ring is 1. The first-order valence-electron chi connectivity index (χ1n) is 7.63. The standard InChI is InChI=1S/C18H21N3O/c19-16-8-6-15(7-9-16)18(22)20-17-10-11-21(13-17)12-14-4-2-1-3-5-14/h1-9,17H,10-13,19H2,(H,20,22). The van der Waals surface area contributed by atoms with Gasteiger partial charge in [-0.3, -0.25) is 9.69 Å². The number of nitrogens with two attached hydrogens (primary N) is 1. The molecular weight excluding hydrogens is 274 g/mol. The molecule has 0 saturated carbocycles. The van der Waals surface area contributed by atoms with Crippen LogP contribution in [0.15, 0.2) is 54.6 Å². The molecule has 0 aromatic heterocycles. The van der Waals surface area contributed by atoms with Crippen molar-refractivity contribution < 1.29 is 4.79 Å². The second kappa shape index (κ2) is 6.62. The fourth-order valence-corrected chi connectivity index (χ4v) is 2.84. The molecule has 1 unspecified atom stereocenters. The molecule has 2 aromatic carbocycles. The second-order valence-corrected chi connectivity index (χ2v) is 5.80. The number of carbonyl (C=O) groups excluding carboxylic acids is 1. The molecule has 1 saturated heterocycles. The number of nitrogens with zero attached hydrogens (tertiary/aromatic N) is 1. The predicted octanol–water partition coefficient (Wildman–Crippen LogP) is 2.27. The second-order valence-electron chi connectivity index (χ2n) is 5.80. The van der Waals surface area contributed by atoms with Crippen molar-refractivity contribution in [3.8, 4) is 0 Å². The molecule has 3 N–H and O–H groups in total. The van der Waals surface area contributed by atoms with Gasteiger partial charge < -0.3 is 11.1 Å². The molecule has 2 aromatic rings. The van der Waals surface area contributed by atoms with Gasteiger partial charge in [0, 0.05) is 36.9 Å². The molecule has 3 rings (SSSR count). The van der Waals surface area contributed by atoms with Crippen LogP contribution < -0.4 is 11.1 Å². The Kier molecular flexibility index (Phi) is 4.39. The summed E-state index contributed by atoms with van der Waals surface area (Å²) in [6.45, 7) is 2.85. The minimum atomic E-state index is -0.0217. The normalized spacial score (nSPS) is 18.3. The van der Waals surface area contributed by atoms with E-state index < -0.39 is 0 Å². The Labute approximate surface area is 130 Å². The van der Waals surface area contributed by atoms with Gasteiger partial charge in [-0.05, 0) is 36.2 Å². The Morgan fingerprint density at radius 2 is 1.86 bits per heavy atom. The van der Waals surface area contributed by atoms with Crippen LogP contribution in [0.3, 0.4) is 0 Å². The van der Waals surface area contributed by atoms with Gasteiger partial charge in [0.2, 0.25) is 0 Å². The Balaban J connectivity index is 1.52. The first kappa shape index (κ1) is 14.6. The van der Waals surface area contributed by atoms with Gasteiger partial charge >= 0.3 is 0 Å². The van der Waals surface area contributed by atoms with Crippen LogP contribution in [-0.4, -0.2) is 29.9 Å². The lowest BCUT2D eigenvalue weighted by Gasteiger charge is -2.17. The van der Waals surface area contributed by atoms with Gasteiger partial charge in [-0.15, -0.1) is 0 Å². The summed E-state index contributed by atoms with van der Waals surface area (Å²) in [7, 11) is 0. The molecule has 1 fully saturated rings. The summed E-state index contributed by atoms with van der Waals surface area (Å²) in [5.74, 6) is -0.0217. The van der Waals surface area contributed by atoms with E-state index in [0.29, 0.717) is 11.3 Å². The Bertz CT molecular complexity index is 625. The third-order valence-corrected chi connectivity index (χ3v) is 4.03. The van der Waals surface area contributed by atoms with Crippen molar-refractivity contribution in [1.29, 1.82) is 0 Å². The van der Waals surface area contributed by atoms with Crippen LogP contribution >= 0.6 is 0 Å². The number of likely N-dealkylation sites (tertiary alicyclic amines) is 1. The van der Waals surface area contributed by atoms with Gasteiger partial charge in [-0.1, -0.05) is 30.3 Å². The van der Waals surface area contributed by atoms with Crippen LogP contribution in [0.4, 0.5) is 5.69 Å². The van der Waals surface area contributed by atoms with Gasteiger partial charge in [0.25, 0.3) is 5.91 Å². The summed E-state index contributed by atoms with van der Waals surface area (Å²) in [6.07, 6.45) is 0.994. The van der Waals surface area contributed by atoms with E-state index in [-0.39, 0.29) is 11.9 Å². The molecule has 22 heavy (non-hydrogen) atoms. The third-order valence-electron chi connectivity index (χ3n) is 4.03. The molecule has 0 bridgehead atoms. The molecule has 4 heteroatoms. The number of benzene rings is 2. The minimum Gasteiger partial charge on any atom is -0.399 e. The van der Waals surface area contributed by atoms with Gasteiger partial charge in [-0.25, -0.2) is 0 Å². The average Bonchev–Trinajstić information content (AvgIpc) is 2.96. The fraction of sp³-hybridized carbons (Fsp3) is 0.278. The summed E-state index contributed by atoms with van der Waals surface area (Å²) in [4.78, 5) is 14.6. The van der Waals surface area contributed by atoms with Crippen LogP contribution in [0.1, 0.15) is 22.3 Å². The van der Waals surface area contributed by atoms with Crippen molar-refractivity contribution in [2.24, 2.45) is 0 Å². The first-order valence-corrected chi connectivity index (χ1v) is 7.63. The number of rotatable bonds is 4. The maximum atomic E-state index is 12.2. The summed E-state index contributed by atoms with van der Waals surface area (Å²) < 4.78 is 0. The van der Waals surface area contributed by atoms with Crippen LogP contribution in [0, 0.1) is 0 Å². The molecule has 1 atom stereocenters. The SMILES string of the molecule is Nc1ccc(C(=O)NC2CCN(Cc3ccccc3)C2)cc1. The van der Waals surface area contributed by atoms with Gasteiger partial charge in [0.1, 0.15) is 0 Å². The van der Waals surface area contributed by atoms with Crippen molar-refractivity contribution >= 4 is 11.6 Å². The maximum absolute atomic E-state index is 12.2. The van der Waals surface area contributed by atoms with Crippen molar-refractivity contribution in [2.75, 3.05) is 18.8 Å². The molecule has 114 valence electrons. The topological polar surface area (TPSA) is 58.4 Å². The maximum Gasteiger partial charge on any atom is 0.251 e. The number of hydrogen-bond acceptors (Lipinski definition) is 3. The number of carbonyl (C=O) groups is 1. The highest BCUT2D eigenvalue weighted by atomic mass is 16.1. The molecule has 0 radical (unpaired) electrons. The zero-order valence-electron chi connectivity index (χ0n) is 12.5. The first-order chi connectivity index (χ1) is 10.7. The van der Waals surface area contributed by atoms with E-state index in [9.17, 15) is 4.79 Å². The van der Waals surface area contributed by atoms with Crippen LogP contribution in [-0.2, 0) is 6.54 Å². The number of nitrogens with one attached hydrogen (secondary N) is 1. The Morgan fingerprint density at radius 3 is 2.59 bits per heavy atom. The monoisotopic (exact) mass is 295 g/mol. The highest BCUT2D eigenvalue weighted by Crippen LogP contribution is 2.14. The van der Waals surface area contributed by atoms with Crippen molar-refractivity contribution in [3.63, 3.8) is 0 Å². The fourth-order valence-electron chi connectivity index (χ4n) is 2.84. The molecule has 1 aliphatic heterocycles. The zero-order chi connectivity index (χ0) is 15.4. The average molecular weight is 295 g/mol. The van der Waals surface area contributed by atoms with E-state index >= 15 is 0 Å². The quantitative estimate of drug-likeness (QED) is 0.851. The van der Waals surface area contributed by atoms with Crippen LogP contribution in [0.25, 0.3) is 0 Å². The van der Waals surface area contributed by atoms with Crippen LogP contribution in [0.5, 0.6) is 0 Å². The van der Waals surface area contributed by atoms with E-state index in [2.05, 4.69) is 34.5 Å². The minimum absolute atomic E-state index is 0.0217. The molecule has 0 spiro atoms. The number of anilines is 1. The summed E-state index contributed by atoms with van der Waals surface area (Å²) in [5.41, 5.74) is 8.29. The smallest absolute Gasteiger partial charge is 0.251 e. The summed E-state index contributed by atoms with van der Waals surface area (Å²) in [5, 5.41) is 3.11. The Morgan fingerprint density at radius 1 is 1.14 bits per heavy atom. The third kappa shape index (κ3) is 3.65. The predicted molar refractivity (Wildman–Crippen MR) is 88.4 cm³/mol.